The third-order valence-corrected chi connectivity index (χ3v) is 3.05. The molecule has 6 heteroatoms. The number of hydrogen-bond donors (Lipinski definition) is 0. The molecule has 5 nitrogen and oxygen atoms in total. The highest BCUT2D eigenvalue weighted by molar-refractivity contribution is 6.16. The Hall–Kier alpha value is -1.07. The van der Waals surface area contributed by atoms with Gasteiger partial charge in [0.2, 0.25) is 0 Å². The predicted molar refractivity (Wildman–Crippen MR) is 67.4 cm³/mol. The SMILES string of the molecule is CCn1nc(C)c2nc(CCl)n(CCOC)c21. The number of imidazole rings is 1. The van der Waals surface area contributed by atoms with Gasteiger partial charge in [0.25, 0.3) is 0 Å². The van der Waals surface area contributed by atoms with Gasteiger partial charge in [-0.15, -0.1) is 11.6 Å². The zero-order chi connectivity index (χ0) is 12.4. The van der Waals surface area contributed by atoms with E-state index < -0.39 is 0 Å². The van der Waals surface area contributed by atoms with Crippen LogP contribution in [-0.2, 0) is 23.7 Å². The minimum Gasteiger partial charge on any atom is -0.383 e. The number of aryl methyl sites for hydroxylation is 2. The minimum absolute atomic E-state index is 0.404. The summed E-state index contributed by atoms with van der Waals surface area (Å²) in [5, 5.41) is 4.46. The maximum atomic E-state index is 5.93. The number of ether oxygens (including phenoxy) is 1. The summed E-state index contributed by atoms with van der Waals surface area (Å²) in [7, 11) is 1.69. The second-order valence-corrected chi connectivity index (χ2v) is 4.15. The van der Waals surface area contributed by atoms with Crippen molar-refractivity contribution in [1.29, 1.82) is 0 Å². The highest BCUT2D eigenvalue weighted by atomic mass is 35.5. The third-order valence-electron chi connectivity index (χ3n) is 2.82. The molecule has 0 saturated heterocycles. The van der Waals surface area contributed by atoms with E-state index in [9.17, 15) is 0 Å². The van der Waals surface area contributed by atoms with Crippen LogP contribution in [0.1, 0.15) is 18.4 Å². The van der Waals surface area contributed by atoms with E-state index in [1.54, 1.807) is 7.11 Å². The van der Waals surface area contributed by atoms with Gasteiger partial charge in [0, 0.05) is 20.2 Å². The maximum Gasteiger partial charge on any atom is 0.159 e. The number of nitrogens with zero attached hydrogens (tertiary/aromatic N) is 4. The molecule has 0 saturated carbocycles. The summed E-state index contributed by atoms with van der Waals surface area (Å²) in [5.74, 6) is 1.28. The number of halogens is 1. The second-order valence-electron chi connectivity index (χ2n) is 3.88. The summed E-state index contributed by atoms with van der Waals surface area (Å²) in [6, 6.07) is 0. The monoisotopic (exact) mass is 256 g/mol. The molecule has 0 fully saturated rings. The van der Waals surface area contributed by atoms with Crippen molar-refractivity contribution in [3.63, 3.8) is 0 Å². The summed E-state index contributed by atoms with van der Waals surface area (Å²) in [4.78, 5) is 4.54. The first-order valence-electron chi connectivity index (χ1n) is 5.70. The molecular formula is C11H17ClN4O. The van der Waals surface area contributed by atoms with Gasteiger partial charge in [0.15, 0.2) is 5.65 Å². The van der Waals surface area contributed by atoms with E-state index in [1.165, 1.54) is 0 Å². The molecule has 0 atom stereocenters. The lowest BCUT2D eigenvalue weighted by molar-refractivity contribution is 0.187. The van der Waals surface area contributed by atoms with Crippen molar-refractivity contribution < 1.29 is 4.74 Å². The summed E-state index contributed by atoms with van der Waals surface area (Å²) >= 11 is 5.93. The average molecular weight is 257 g/mol. The molecule has 0 spiro atoms. The van der Waals surface area contributed by atoms with Gasteiger partial charge in [-0.25, -0.2) is 9.67 Å². The van der Waals surface area contributed by atoms with Gasteiger partial charge in [-0.05, 0) is 13.8 Å². The van der Waals surface area contributed by atoms with Crippen LogP contribution in [0.2, 0.25) is 0 Å². The lowest BCUT2D eigenvalue weighted by atomic mass is 10.4. The first kappa shape index (κ1) is 12.4. The highest BCUT2D eigenvalue weighted by Crippen LogP contribution is 2.20. The molecule has 0 N–H and O–H groups in total. The Balaban J connectivity index is 2.58. The molecule has 17 heavy (non-hydrogen) atoms. The summed E-state index contributed by atoms with van der Waals surface area (Å²) < 4.78 is 9.18. The lowest BCUT2D eigenvalue weighted by Gasteiger charge is -2.08. The molecule has 0 aliphatic rings. The molecule has 0 unspecified atom stereocenters. The van der Waals surface area contributed by atoms with Crippen molar-refractivity contribution in [3.8, 4) is 0 Å². The Morgan fingerprint density at radius 2 is 2.18 bits per heavy atom. The molecule has 94 valence electrons. The predicted octanol–water partition coefficient (Wildman–Crippen LogP) is 1.95. The molecule has 0 aliphatic heterocycles. The first-order chi connectivity index (χ1) is 8.22. The van der Waals surface area contributed by atoms with E-state index in [1.807, 2.05) is 11.6 Å². The Morgan fingerprint density at radius 3 is 2.76 bits per heavy atom. The summed E-state index contributed by atoms with van der Waals surface area (Å²) in [6.45, 7) is 6.26. The molecule has 0 aliphatic carbocycles. The van der Waals surface area contributed by atoms with Crippen molar-refractivity contribution >= 4 is 22.8 Å². The van der Waals surface area contributed by atoms with Gasteiger partial charge in [-0.1, -0.05) is 0 Å². The van der Waals surface area contributed by atoms with Crippen LogP contribution in [0.3, 0.4) is 0 Å². The number of methoxy groups -OCH3 is 1. The lowest BCUT2D eigenvalue weighted by Crippen LogP contribution is -2.11. The Morgan fingerprint density at radius 1 is 1.41 bits per heavy atom. The molecule has 0 amide bonds. The molecular weight excluding hydrogens is 240 g/mol. The molecule has 2 heterocycles. The first-order valence-corrected chi connectivity index (χ1v) is 6.23. The largest absolute Gasteiger partial charge is 0.383 e. The zero-order valence-corrected chi connectivity index (χ0v) is 11.2. The standard InChI is InChI=1S/C11H17ClN4O/c1-4-16-11-10(8(2)14-16)13-9(7-12)15(11)5-6-17-3/h4-7H2,1-3H3. The van der Waals surface area contributed by atoms with E-state index in [0.717, 1.165) is 35.8 Å². The normalized spacial score (nSPS) is 11.5. The Labute approximate surface area is 105 Å². The van der Waals surface area contributed by atoms with Crippen LogP contribution in [-0.4, -0.2) is 33.0 Å². The number of aromatic nitrogens is 4. The number of alkyl halides is 1. The fourth-order valence-corrected chi connectivity index (χ4v) is 2.21. The zero-order valence-electron chi connectivity index (χ0n) is 10.4. The quantitative estimate of drug-likeness (QED) is 0.768. The van der Waals surface area contributed by atoms with Crippen LogP contribution >= 0.6 is 11.6 Å². The van der Waals surface area contributed by atoms with Gasteiger partial charge < -0.3 is 9.30 Å². The average Bonchev–Trinajstić information content (AvgIpc) is 2.85. The Bertz CT molecular complexity index is 517. The van der Waals surface area contributed by atoms with E-state index >= 15 is 0 Å². The third kappa shape index (κ3) is 2.05. The van der Waals surface area contributed by atoms with E-state index in [4.69, 9.17) is 16.3 Å². The van der Waals surface area contributed by atoms with E-state index in [2.05, 4.69) is 21.6 Å². The molecule has 0 bridgehead atoms. The van der Waals surface area contributed by atoms with Crippen LogP contribution in [0.4, 0.5) is 0 Å². The fraction of sp³-hybridized carbons (Fsp3) is 0.636. The maximum absolute atomic E-state index is 5.93. The van der Waals surface area contributed by atoms with Gasteiger partial charge in [0.05, 0.1) is 18.2 Å². The van der Waals surface area contributed by atoms with Crippen LogP contribution in [0, 0.1) is 6.92 Å². The van der Waals surface area contributed by atoms with E-state index in [-0.39, 0.29) is 0 Å². The minimum atomic E-state index is 0.404. The van der Waals surface area contributed by atoms with Crippen LogP contribution in [0.15, 0.2) is 0 Å². The number of rotatable bonds is 5. The summed E-state index contributed by atoms with van der Waals surface area (Å²) in [5.41, 5.74) is 2.93. The highest BCUT2D eigenvalue weighted by Gasteiger charge is 2.17. The van der Waals surface area contributed by atoms with Crippen molar-refractivity contribution in [2.45, 2.75) is 32.8 Å². The van der Waals surface area contributed by atoms with Gasteiger partial charge >= 0.3 is 0 Å². The smallest absolute Gasteiger partial charge is 0.159 e. The molecule has 2 rings (SSSR count). The van der Waals surface area contributed by atoms with Crippen molar-refractivity contribution in [1.82, 2.24) is 19.3 Å². The second kappa shape index (κ2) is 5.06. The van der Waals surface area contributed by atoms with Crippen molar-refractivity contribution in [3.05, 3.63) is 11.5 Å². The molecule has 2 aromatic heterocycles. The van der Waals surface area contributed by atoms with Crippen LogP contribution in [0.5, 0.6) is 0 Å². The number of fused-ring (bicyclic) bond motifs is 1. The van der Waals surface area contributed by atoms with Crippen molar-refractivity contribution in [2.75, 3.05) is 13.7 Å². The number of hydrogen-bond acceptors (Lipinski definition) is 3. The van der Waals surface area contributed by atoms with Crippen molar-refractivity contribution in [2.24, 2.45) is 0 Å². The summed E-state index contributed by atoms with van der Waals surface area (Å²) in [6.07, 6.45) is 0. The molecule has 2 aromatic rings. The fourth-order valence-electron chi connectivity index (χ4n) is 2.01. The van der Waals surface area contributed by atoms with Gasteiger partial charge in [0.1, 0.15) is 11.3 Å². The van der Waals surface area contributed by atoms with Gasteiger partial charge in [-0.3, -0.25) is 0 Å². The Kier molecular flexibility index (Phi) is 3.69. The van der Waals surface area contributed by atoms with E-state index in [0.29, 0.717) is 12.5 Å². The topological polar surface area (TPSA) is 44.9 Å². The molecule has 0 aromatic carbocycles. The van der Waals surface area contributed by atoms with Gasteiger partial charge in [-0.2, -0.15) is 5.10 Å². The molecule has 0 radical (unpaired) electrons. The van der Waals surface area contributed by atoms with Crippen LogP contribution in [0.25, 0.3) is 11.2 Å². The van der Waals surface area contributed by atoms with Crippen LogP contribution < -0.4 is 0 Å².